The first-order valence-corrected chi connectivity index (χ1v) is 12.1. The number of aliphatic hydroxyl groups is 2. The number of nitrogens with zero attached hydrogens (tertiary/aromatic N) is 1. The average Bonchev–Trinajstić information content (AvgIpc) is 2.85. The van der Waals surface area contributed by atoms with E-state index in [0.717, 1.165) is 19.3 Å². The zero-order chi connectivity index (χ0) is 21.2. The van der Waals surface area contributed by atoms with Gasteiger partial charge in [0.2, 0.25) is 5.78 Å². The van der Waals surface area contributed by atoms with E-state index in [0.29, 0.717) is 6.42 Å². The summed E-state index contributed by atoms with van der Waals surface area (Å²) in [5.74, 6) is -1.39. The Balaban J connectivity index is 2.29. The second kappa shape index (κ2) is 8.84. The number of rotatable bonds is 7. The van der Waals surface area contributed by atoms with Crippen LogP contribution >= 0.6 is 19.1 Å². The van der Waals surface area contributed by atoms with E-state index < -0.39 is 55.3 Å². The first-order valence-electron chi connectivity index (χ1n) is 8.61. The van der Waals surface area contributed by atoms with Gasteiger partial charge in [-0.05, 0) is 38.1 Å². The molecule has 2 rings (SSSR count). The number of ketones is 1. The Labute approximate surface area is 167 Å². The Bertz CT molecular complexity index is 919. The molecule has 0 spiro atoms. The molecule has 11 heteroatoms. The van der Waals surface area contributed by atoms with Crippen LogP contribution in [0.3, 0.4) is 0 Å². The number of ether oxygens (including phenoxy) is 2. The molecule has 0 amide bonds. The molecule has 1 aliphatic rings. The Morgan fingerprint density at radius 3 is 2.61 bits per heavy atom. The van der Waals surface area contributed by atoms with E-state index in [1.807, 2.05) is 0 Å². The van der Waals surface area contributed by atoms with Crippen molar-refractivity contribution in [2.75, 3.05) is 26.1 Å². The minimum Gasteiger partial charge on any atom is -0.457 e. The van der Waals surface area contributed by atoms with Crippen molar-refractivity contribution in [3.8, 4) is 0 Å². The molecule has 0 bridgehead atoms. The van der Waals surface area contributed by atoms with Gasteiger partial charge < -0.3 is 19.7 Å². The summed E-state index contributed by atoms with van der Waals surface area (Å²) in [7, 11) is 0. The molecule has 1 unspecified atom stereocenters. The minimum atomic E-state index is -1.34. The van der Waals surface area contributed by atoms with Crippen molar-refractivity contribution in [3.63, 3.8) is 0 Å². The lowest BCUT2D eigenvalue weighted by Crippen LogP contribution is -2.33. The number of nitrogens with one attached hydrogen (secondary N) is 1. The molecule has 3 N–H and O–H groups in total. The molecule has 156 valence electrons. The monoisotopic (exact) mass is 432 g/mol. The molecule has 0 aromatic carbocycles. The summed E-state index contributed by atoms with van der Waals surface area (Å²) in [5.41, 5.74) is -1.04. The van der Waals surface area contributed by atoms with Crippen LogP contribution in [0.4, 0.5) is 0 Å². The maximum Gasteiger partial charge on any atom is 0.303 e. The van der Waals surface area contributed by atoms with Gasteiger partial charge in [0.1, 0.15) is 17.8 Å². The molecule has 28 heavy (non-hydrogen) atoms. The molecule has 1 aliphatic heterocycles. The number of carbonyl (C=O) groups is 2. The van der Waals surface area contributed by atoms with Crippen LogP contribution in [0, 0.1) is 4.77 Å². The number of Topliss-reactive ketones (excluding diaryl/α,β-unsaturated/α-hetero) is 1. The fourth-order valence-corrected chi connectivity index (χ4v) is 3.99. The van der Waals surface area contributed by atoms with Crippen LogP contribution in [0.25, 0.3) is 0 Å². The Morgan fingerprint density at radius 1 is 1.39 bits per heavy atom. The van der Waals surface area contributed by atoms with Crippen molar-refractivity contribution in [2.24, 2.45) is 0 Å². The van der Waals surface area contributed by atoms with Crippen LogP contribution in [0.5, 0.6) is 0 Å². The molecular weight excluding hydrogens is 407 g/mol. The second-order valence-electron chi connectivity index (χ2n) is 7.41. The van der Waals surface area contributed by atoms with Crippen molar-refractivity contribution >= 4 is 37.2 Å². The summed E-state index contributed by atoms with van der Waals surface area (Å²) in [6.45, 7) is 3.31. The van der Waals surface area contributed by atoms with Crippen molar-refractivity contribution in [2.45, 2.75) is 37.9 Å². The van der Waals surface area contributed by atoms with Gasteiger partial charge in [-0.15, -0.1) is 13.2 Å². The number of aromatic amines is 1. The Morgan fingerprint density at radius 2 is 2.04 bits per heavy atom. The lowest BCUT2D eigenvalue weighted by atomic mass is 10.1. The summed E-state index contributed by atoms with van der Waals surface area (Å²) in [6, 6.07) is 0. The van der Waals surface area contributed by atoms with Crippen molar-refractivity contribution < 1.29 is 29.3 Å². The third kappa shape index (κ3) is 5.48. The predicted octanol–water partition coefficient (Wildman–Crippen LogP) is 0.370. The zero-order valence-corrected chi connectivity index (χ0v) is 17.7. The highest BCUT2D eigenvalue weighted by molar-refractivity contribution is 7.72. The van der Waals surface area contributed by atoms with Crippen molar-refractivity contribution in [1.82, 2.24) is 9.55 Å². The van der Waals surface area contributed by atoms with Gasteiger partial charge >= 0.3 is 5.97 Å². The van der Waals surface area contributed by atoms with Crippen LogP contribution in [-0.2, 0) is 14.3 Å². The van der Waals surface area contributed by atoms with Crippen LogP contribution < -0.4 is 5.56 Å². The molecular formula is C17H25N2O7PS. The van der Waals surface area contributed by atoms with E-state index in [1.165, 1.54) is 4.57 Å². The second-order valence-corrected chi connectivity index (χ2v) is 12.1. The Hall–Kier alpha value is -1.58. The molecule has 1 aromatic rings. The summed E-state index contributed by atoms with van der Waals surface area (Å²) in [4.78, 5) is 37.5. The van der Waals surface area contributed by atoms with E-state index in [4.69, 9.17) is 17.0 Å². The number of hydrogen-bond donors (Lipinski definition) is 3. The highest BCUT2D eigenvalue weighted by Gasteiger charge is 2.43. The highest BCUT2D eigenvalue weighted by atomic mass is 32.1. The van der Waals surface area contributed by atoms with Gasteiger partial charge in [0, 0.05) is 13.1 Å². The number of esters is 1. The van der Waals surface area contributed by atoms with Crippen molar-refractivity contribution in [3.05, 3.63) is 26.9 Å². The summed E-state index contributed by atoms with van der Waals surface area (Å²) in [6.07, 6.45) is 2.38. The molecule has 4 atom stereocenters. The van der Waals surface area contributed by atoms with Crippen molar-refractivity contribution in [1.29, 1.82) is 0 Å². The largest absolute Gasteiger partial charge is 0.457 e. The molecule has 0 saturated carbocycles. The van der Waals surface area contributed by atoms with Crippen LogP contribution in [0.15, 0.2) is 11.0 Å². The smallest absolute Gasteiger partial charge is 0.303 e. The van der Waals surface area contributed by atoms with E-state index in [1.54, 1.807) is 0 Å². The topological polar surface area (TPSA) is 131 Å². The minimum absolute atomic E-state index is 0.0732. The van der Waals surface area contributed by atoms with Gasteiger partial charge in [-0.2, -0.15) is 0 Å². The molecule has 1 aromatic heterocycles. The molecule has 9 nitrogen and oxygen atoms in total. The molecule has 1 saturated heterocycles. The van der Waals surface area contributed by atoms with Crippen LogP contribution in [0.1, 0.15) is 29.9 Å². The summed E-state index contributed by atoms with van der Waals surface area (Å²) in [5, 5.41) is 20.7. The average molecular weight is 432 g/mol. The van der Waals surface area contributed by atoms with Crippen LogP contribution in [0.2, 0.25) is 0 Å². The van der Waals surface area contributed by atoms with Crippen LogP contribution in [-0.4, -0.2) is 82.2 Å². The first-order chi connectivity index (χ1) is 12.9. The number of aliphatic hydroxyl groups excluding tert-OH is 2. The summed E-state index contributed by atoms with van der Waals surface area (Å²) >= 11 is 5.12. The number of hydrogen-bond acceptors (Lipinski definition) is 8. The highest BCUT2D eigenvalue weighted by Crippen LogP contribution is 2.39. The maximum absolute atomic E-state index is 12.2. The normalized spacial score (nSPS) is 24.9. The van der Waals surface area contributed by atoms with E-state index in [9.17, 15) is 24.6 Å². The standard InChI is InChI=1S/C17H25N2O7PS/c1-9(20)25-8-11(21)10-7-19(17(28)18-15(10)24)16-14(23)13(22)12(26-16)5-6-27(2,3)4/h7,12-14,16,22-23H,2,5-6,8H2,1,3-4H3,(H,18,24,28)/t12-,13-,14-,16?/m1/s1. The van der Waals surface area contributed by atoms with Gasteiger partial charge in [-0.3, -0.25) is 23.9 Å². The van der Waals surface area contributed by atoms with Gasteiger partial charge in [-0.1, -0.05) is 0 Å². The Kier molecular flexibility index (Phi) is 7.17. The van der Waals surface area contributed by atoms with E-state index in [-0.39, 0.29) is 10.3 Å². The molecule has 1 fully saturated rings. The molecule has 0 radical (unpaired) electrons. The third-order valence-corrected chi connectivity index (χ3v) is 6.09. The fraction of sp³-hybridized carbons (Fsp3) is 0.588. The fourth-order valence-electron chi connectivity index (χ4n) is 2.79. The van der Waals surface area contributed by atoms with Gasteiger partial charge in [0.05, 0.1) is 6.10 Å². The van der Waals surface area contributed by atoms with Gasteiger partial charge in [0.25, 0.3) is 5.56 Å². The molecule has 2 heterocycles. The summed E-state index contributed by atoms with van der Waals surface area (Å²) < 4.78 is 11.6. The first kappa shape index (κ1) is 22.7. The van der Waals surface area contributed by atoms with Gasteiger partial charge in [-0.25, -0.2) is 0 Å². The maximum atomic E-state index is 12.2. The lowest BCUT2D eigenvalue weighted by Gasteiger charge is -2.19. The van der Waals surface area contributed by atoms with E-state index in [2.05, 4.69) is 29.3 Å². The van der Waals surface area contributed by atoms with E-state index >= 15 is 0 Å². The number of carbonyl (C=O) groups excluding carboxylic acids is 2. The lowest BCUT2D eigenvalue weighted by molar-refractivity contribution is -0.139. The number of aromatic nitrogens is 2. The SMILES string of the molecule is C=P(C)(C)CC[C@H]1OC(n2cc(C(=O)COC(C)=O)c(=O)[nH]c2=S)[C@H](O)[C@@H]1O. The third-order valence-electron chi connectivity index (χ3n) is 4.31. The number of H-pyrrole nitrogens is 1. The zero-order valence-electron chi connectivity index (χ0n) is 16.0. The van der Waals surface area contributed by atoms with Gasteiger partial charge in [0.15, 0.2) is 17.6 Å². The quantitative estimate of drug-likeness (QED) is 0.244. The molecule has 0 aliphatic carbocycles. The predicted molar refractivity (Wildman–Crippen MR) is 108 cm³/mol.